The number of aliphatic carboxylic acids is 2. The van der Waals surface area contributed by atoms with Crippen molar-refractivity contribution in [3.05, 3.63) is 48.8 Å². The molecule has 0 saturated carbocycles. The number of nitrogens with one attached hydrogen (secondary N) is 1. The van der Waals surface area contributed by atoms with Crippen LogP contribution in [0.4, 0.5) is 0 Å². The second-order valence-electron chi connectivity index (χ2n) is 5.49. The number of fused-ring (bicyclic) bond motifs is 1. The molecule has 0 aliphatic heterocycles. The van der Waals surface area contributed by atoms with Crippen molar-refractivity contribution in [1.29, 1.82) is 0 Å². The number of aromatic amines is 1. The van der Waals surface area contributed by atoms with E-state index in [1.807, 2.05) is 18.7 Å². The van der Waals surface area contributed by atoms with Gasteiger partial charge in [0.25, 0.3) is 0 Å². The first-order chi connectivity index (χ1) is 11.4. The van der Waals surface area contributed by atoms with E-state index >= 15 is 0 Å². The fraction of sp³-hybridized carbons (Fsp3) is 0.250. The number of H-pyrrole nitrogens is 1. The zero-order valence-electron chi connectivity index (χ0n) is 13.2. The molecule has 126 valence electrons. The van der Waals surface area contributed by atoms with E-state index in [0.29, 0.717) is 12.0 Å². The van der Waals surface area contributed by atoms with Crippen LogP contribution in [0.2, 0.25) is 0 Å². The van der Waals surface area contributed by atoms with E-state index < -0.39 is 11.9 Å². The Morgan fingerprint density at radius 2 is 1.92 bits per heavy atom. The van der Waals surface area contributed by atoms with E-state index in [0.717, 1.165) is 11.0 Å². The summed E-state index contributed by atoms with van der Waals surface area (Å²) in [6.45, 7) is 4.45. The summed E-state index contributed by atoms with van der Waals surface area (Å²) in [4.78, 5) is 29.8. The zero-order valence-corrected chi connectivity index (χ0v) is 13.2. The van der Waals surface area contributed by atoms with Gasteiger partial charge in [-0.25, -0.2) is 19.6 Å². The maximum Gasteiger partial charge on any atom is 0.414 e. The van der Waals surface area contributed by atoms with Crippen LogP contribution in [0.5, 0.6) is 0 Å². The van der Waals surface area contributed by atoms with Crippen molar-refractivity contribution in [1.82, 2.24) is 19.5 Å². The molecule has 1 aromatic carbocycles. The van der Waals surface area contributed by atoms with Crippen LogP contribution < -0.4 is 0 Å². The number of benzene rings is 1. The van der Waals surface area contributed by atoms with Crippen molar-refractivity contribution in [3.63, 3.8) is 0 Å². The number of carboxylic acid groups (broad SMARTS) is 2. The fourth-order valence-corrected chi connectivity index (χ4v) is 2.47. The highest BCUT2D eigenvalue weighted by Gasteiger charge is 2.17. The van der Waals surface area contributed by atoms with Crippen molar-refractivity contribution in [2.24, 2.45) is 5.92 Å². The second kappa shape index (κ2) is 7.40. The Hall–Kier alpha value is -3.16. The zero-order chi connectivity index (χ0) is 17.7. The third-order valence-corrected chi connectivity index (χ3v) is 3.45. The minimum atomic E-state index is -1.82. The van der Waals surface area contributed by atoms with E-state index in [2.05, 4.69) is 51.6 Å². The maximum atomic E-state index is 9.10. The van der Waals surface area contributed by atoms with Crippen molar-refractivity contribution < 1.29 is 19.8 Å². The van der Waals surface area contributed by atoms with Gasteiger partial charge < -0.3 is 19.8 Å². The summed E-state index contributed by atoms with van der Waals surface area (Å²) < 4.78 is 2.15. The average molecular weight is 330 g/mol. The van der Waals surface area contributed by atoms with E-state index in [4.69, 9.17) is 19.8 Å². The van der Waals surface area contributed by atoms with Gasteiger partial charge in [0.15, 0.2) is 0 Å². The highest BCUT2D eigenvalue weighted by molar-refractivity contribution is 6.27. The van der Waals surface area contributed by atoms with Crippen LogP contribution >= 0.6 is 0 Å². The molecule has 3 N–H and O–H groups in total. The van der Waals surface area contributed by atoms with Gasteiger partial charge in [-0.3, -0.25) is 0 Å². The molecule has 24 heavy (non-hydrogen) atoms. The lowest BCUT2D eigenvalue weighted by molar-refractivity contribution is -0.159. The Morgan fingerprint density at radius 3 is 2.46 bits per heavy atom. The molecule has 3 rings (SSSR count). The van der Waals surface area contributed by atoms with Crippen LogP contribution in [0.25, 0.3) is 11.0 Å². The quantitative estimate of drug-likeness (QED) is 0.633. The summed E-state index contributed by atoms with van der Waals surface area (Å²) in [6.07, 6.45) is 7.45. The predicted octanol–water partition coefficient (Wildman–Crippen LogP) is 2.16. The van der Waals surface area contributed by atoms with E-state index in [1.54, 1.807) is 6.33 Å². The number of rotatable bonds is 3. The Bertz CT molecular complexity index is 812. The first-order valence-electron chi connectivity index (χ1n) is 7.27. The molecule has 0 spiro atoms. The van der Waals surface area contributed by atoms with E-state index in [1.165, 1.54) is 5.56 Å². The Morgan fingerprint density at radius 1 is 1.21 bits per heavy atom. The van der Waals surface area contributed by atoms with Crippen LogP contribution in [-0.4, -0.2) is 41.7 Å². The number of hydrogen-bond acceptors (Lipinski definition) is 4. The Balaban J connectivity index is 0.000000301. The standard InChI is InChI=1S/C14H16N4.C2H2O4/c1-10(2)14(18-6-5-15-9-18)11-3-4-12-13(7-11)17-8-16-12;3-1(4)2(5)6/h3-10,14H,1-2H3,(H,16,17);(H,3,4)(H,5,6). The van der Waals surface area contributed by atoms with Gasteiger partial charge in [-0.1, -0.05) is 19.9 Å². The predicted molar refractivity (Wildman–Crippen MR) is 86.6 cm³/mol. The van der Waals surface area contributed by atoms with Gasteiger partial charge in [0, 0.05) is 12.4 Å². The topological polar surface area (TPSA) is 121 Å². The monoisotopic (exact) mass is 330 g/mol. The van der Waals surface area contributed by atoms with E-state index in [9.17, 15) is 0 Å². The van der Waals surface area contributed by atoms with Gasteiger partial charge in [0.2, 0.25) is 0 Å². The SMILES string of the molecule is CC(C)C(c1ccc2nc[nH]c2c1)n1ccnc1.O=C(O)C(=O)O. The van der Waals surface area contributed by atoms with Crippen LogP contribution in [0, 0.1) is 5.92 Å². The van der Waals surface area contributed by atoms with Gasteiger partial charge in [-0.2, -0.15) is 0 Å². The van der Waals surface area contributed by atoms with Crippen LogP contribution in [0.3, 0.4) is 0 Å². The lowest BCUT2D eigenvalue weighted by Gasteiger charge is -2.22. The first kappa shape index (κ1) is 17.2. The van der Waals surface area contributed by atoms with Crippen LogP contribution in [-0.2, 0) is 9.59 Å². The number of carboxylic acids is 2. The molecule has 0 amide bonds. The molecule has 1 atom stereocenters. The highest BCUT2D eigenvalue weighted by Crippen LogP contribution is 2.27. The molecule has 0 radical (unpaired) electrons. The van der Waals surface area contributed by atoms with Crippen molar-refractivity contribution in [3.8, 4) is 0 Å². The van der Waals surface area contributed by atoms with Crippen molar-refractivity contribution in [2.45, 2.75) is 19.9 Å². The normalized spacial score (nSPS) is 11.8. The molecule has 0 fully saturated rings. The summed E-state index contributed by atoms with van der Waals surface area (Å²) in [5.41, 5.74) is 3.37. The Labute approximate surface area is 137 Å². The molecular formula is C16H18N4O4. The van der Waals surface area contributed by atoms with Crippen molar-refractivity contribution in [2.75, 3.05) is 0 Å². The van der Waals surface area contributed by atoms with E-state index in [-0.39, 0.29) is 0 Å². The third kappa shape index (κ3) is 3.97. The van der Waals surface area contributed by atoms with Gasteiger partial charge in [0.1, 0.15) is 0 Å². The largest absolute Gasteiger partial charge is 0.473 e. The summed E-state index contributed by atoms with van der Waals surface area (Å²) >= 11 is 0. The number of nitrogens with zero attached hydrogens (tertiary/aromatic N) is 3. The molecule has 2 heterocycles. The van der Waals surface area contributed by atoms with Gasteiger partial charge in [0.05, 0.1) is 29.7 Å². The van der Waals surface area contributed by atoms with Gasteiger partial charge in [-0.05, 0) is 23.6 Å². The molecule has 0 bridgehead atoms. The van der Waals surface area contributed by atoms with Crippen LogP contribution in [0.1, 0.15) is 25.5 Å². The number of imidazole rings is 2. The number of carbonyl (C=O) groups is 2. The molecule has 0 aliphatic carbocycles. The Kier molecular flexibility index (Phi) is 5.31. The van der Waals surface area contributed by atoms with Crippen molar-refractivity contribution >= 4 is 23.0 Å². The molecule has 2 aromatic heterocycles. The summed E-state index contributed by atoms with van der Waals surface area (Å²) in [5, 5.41) is 14.8. The highest BCUT2D eigenvalue weighted by atomic mass is 16.4. The lowest BCUT2D eigenvalue weighted by atomic mass is 9.95. The average Bonchev–Trinajstić information content (AvgIpc) is 3.18. The number of hydrogen-bond donors (Lipinski definition) is 3. The third-order valence-electron chi connectivity index (χ3n) is 3.45. The minimum absolute atomic E-state index is 0.306. The fourth-order valence-electron chi connectivity index (χ4n) is 2.47. The second-order valence-corrected chi connectivity index (χ2v) is 5.49. The summed E-state index contributed by atoms with van der Waals surface area (Å²) in [5.74, 6) is -3.15. The van der Waals surface area contributed by atoms with Gasteiger partial charge >= 0.3 is 11.9 Å². The first-order valence-corrected chi connectivity index (χ1v) is 7.27. The maximum absolute atomic E-state index is 9.10. The van der Waals surface area contributed by atoms with Gasteiger partial charge in [-0.15, -0.1) is 0 Å². The summed E-state index contributed by atoms with van der Waals surface area (Å²) in [6, 6.07) is 6.69. The molecule has 3 aromatic rings. The molecule has 1 unspecified atom stereocenters. The molecule has 8 nitrogen and oxygen atoms in total. The number of aromatic nitrogens is 4. The lowest BCUT2D eigenvalue weighted by Crippen LogP contribution is -2.15. The molecule has 0 saturated heterocycles. The smallest absolute Gasteiger partial charge is 0.414 e. The molecular weight excluding hydrogens is 312 g/mol. The van der Waals surface area contributed by atoms with Crippen LogP contribution in [0.15, 0.2) is 43.2 Å². The molecule has 0 aliphatic rings. The summed E-state index contributed by atoms with van der Waals surface area (Å²) in [7, 11) is 0. The molecule has 8 heteroatoms. The minimum Gasteiger partial charge on any atom is -0.473 e.